The number of hydrogen-bond donors (Lipinski definition) is 1. The van der Waals surface area contributed by atoms with Gasteiger partial charge in [-0.25, -0.2) is 0 Å². The van der Waals surface area contributed by atoms with E-state index in [1.165, 1.54) is 0 Å². The highest BCUT2D eigenvalue weighted by atomic mass is 16.1. The summed E-state index contributed by atoms with van der Waals surface area (Å²) in [5, 5.41) is 0. The summed E-state index contributed by atoms with van der Waals surface area (Å²) in [6, 6.07) is 0.00227. The van der Waals surface area contributed by atoms with Crippen LogP contribution >= 0.6 is 0 Å². The van der Waals surface area contributed by atoms with Crippen LogP contribution in [0.3, 0.4) is 0 Å². The summed E-state index contributed by atoms with van der Waals surface area (Å²) >= 11 is 0. The fraction of sp³-hybridized carbons (Fsp3) is 0.667. The molecule has 2 heteroatoms. The maximum atomic E-state index is 11.0. The molecule has 64 valence electrons. The van der Waals surface area contributed by atoms with Crippen molar-refractivity contribution in [3.05, 3.63) is 12.7 Å². The van der Waals surface area contributed by atoms with Crippen molar-refractivity contribution in [2.75, 3.05) is 0 Å². The zero-order valence-electron chi connectivity index (χ0n) is 7.34. The van der Waals surface area contributed by atoms with Gasteiger partial charge in [-0.3, -0.25) is 4.79 Å². The molecule has 0 aromatic carbocycles. The van der Waals surface area contributed by atoms with Gasteiger partial charge in [0.1, 0.15) is 5.78 Å². The average molecular weight is 155 g/mol. The lowest BCUT2D eigenvalue weighted by atomic mass is 9.99. The van der Waals surface area contributed by atoms with Gasteiger partial charge in [0.15, 0.2) is 0 Å². The van der Waals surface area contributed by atoms with Crippen LogP contribution in [0.5, 0.6) is 0 Å². The van der Waals surface area contributed by atoms with Gasteiger partial charge >= 0.3 is 0 Å². The summed E-state index contributed by atoms with van der Waals surface area (Å²) in [7, 11) is 0. The highest BCUT2D eigenvalue weighted by Gasteiger charge is 2.11. The van der Waals surface area contributed by atoms with Crippen molar-refractivity contribution in [1.82, 2.24) is 0 Å². The molecule has 1 atom stereocenters. The highest BCUT2D eigenvalue weighted by molar-refractivity contribution is 5.80. The lowest BCUT2D eigenvalue weighted by Crippen LogP contribution is -2.29. The van der Waals surface area contributed by atoms with E-state index >= 15 is 0 Å². The van der Waals surface area contributed by atoms with Gasteiger partial charge in [0.05, 0.1) is 0 Å². The van der Waals surface area contributed by atoms with E-state index in [2.05, 4.69) is 6.58 Å². The molecule has 0 bridgehead atoms. The third kappa shape index (κ3) is 4.73. The Morgan fingerprint density at radius 1 is 1.64 bits per heavy atom. The Kier molecular flexibility index (Phi) is 4.79. The SMILES string of the molecule is C=CCC(=O)CC(N)C(C)C. The molecule has 0 aliphatic heterocycles. The minimum absolute atomic E-state index is 0.00227. The third-order valence-electron chi connectivity index (χ3n) is 1.69. The van der Waals surface area contributed by atoms with Crippen molar-refractivity contribution in [2.45, 2.75) is 32.7 Å². The van der Waals surface area contributed by atoms with Crippen LogP contribution < -0.4 is 5.73 Å². The standard InChI is InChI=1S/C9H17NO/c1-4-5-8(11)6-9(10)7(2)3/h4,7,9H,1,5-6,10H2,2-3H3. The van der Waals surface area contributed by atoms with Crippen LogP contribution in [0.15, 0.2) is 12.7 Å². The molecule has 0 aliphatic carbocycles. The van der Waals surface area contributed by atoms with Crippen molar-refractivity contribution in [2.24, 2.45) is 11.7 Å². The second-order valence-electron chi connectivity index (χ2n) is 3.14. The Balaban J connectivity index is 3.65. The Bertz CT molecular complexity index is 140. The van der Waals surface area contributed by atoms with E-state index in [9.17, 15) is 4.79 Å². The first kappa shape index (κ1) is 10.4. The van der Waals surface area contributed by atoms with Gasteiger partial charge in [0.2, 0.25) is 0 Å². The summed E-state index contributed by atoms with van der Waals surface area (Å²) < 4.78 is 0. The van der Waals surface area contributed by atoms with Gasteiger partial charge in [-0.2, -0.15) is 0 Å². The number of Topliss-reactive ketones (excluding diaryl/α,β-unsaturated/α-hetero) is 1. The third-order valence-corrected chi connectivity index (χ3v) is 1.69. The zero-order valence-corrected chi connectivity index (χ0v) is 7.34. The number of ketones is 1. The highest BCUT2D eigenvalue weighted by Crippen LogP contribution is 2.04. The summed E-state index contributed by atoms with van der Waals surface area (Å²) in [5.74, 6) is 0.560. The van der Waals surface area contributed by atoms with Gasteiger partial charge < -0.3 is 5.73 Å². The summed E-state index contributed by atoms with van der Waals surface area (Å²) in [4.78, 5) is 11.0. The molecule has 0 fully saturated rings. The molecule has 0 rings (SSSR count). The largest absolute Gasteiger partial charge is 0.327 e. The van der Waals surface area contributed by atoms with Crippen molar-refractivity contribution in [3.8, 4) is 0 Å². The van der Waals surface area contributed by atoms with E-state index in [0.29, 0.717) is 18.8 Å². The van der Waals surface area contributed by atoms with E-state index in [0.717, 1.165) is 0 Å². The van der Waals surface area contributed by atoms with Gasteiger partial charge in [-0.15, -0.1) is 6.58 Å². The first-order valence-corrected chi connectivity index (χ1v) is 3.96. The molecule has 0 aromatic rings. The predicted octanol–water partition coefficient (Wildman–Crippen LogP) is 1.50. The maximum Gasteiger partial charge on any atom is 0.138 e. The zero-order chi connectivity index (χ0) is 8.85. The lowest BCUT2D eigenvalue weighted by molar-refractivity contribution is -0.118. The monoisotopic (exact) mass is 155 g/mol. The number of carbonyl (C=O) groups is 1. The topological polar surface area (TPSA) is 43.1 Å². The normalized spacial score (nSPS) is 13.1. The first-order valence-electron chi connectivity index (χ1n) is 3.96. The number of carbonyl (C=O) groups excluding carboxylic acids is 1. The first-order chi connectivity index (χ1) is 5.07. The number of nitrogens with two attached hydrogens (primary N) is 1. The van der Waals surface area contributed by atoms with Gasteiger partial charge in [0.25, 0.3) is 0 Å². The van der Waals surface area contributed by atoms with Crippen molar-refractivity contribution >= 4 is 5.78 Å². The van der Waals surface area contributed by atoms with Gasteiger partial charge in [-0.05, 0) is 5.92 Å². The Labute approximate surface area is 68.5 Å². The molecule has 0 radical (unpaired) electrons. The predicted molar refractivity (Wildman–Crippen MR) is 47.3 cm³/mol. The smallest absolute Gasteiger partial charge is 0.138 e. The fourth-order valence-corrected chi connectivity index (χ4v) is 0.743. The van der Waals surface area contributed by atoms with Gasteiger partial charge in [-0.1, -0.05) is 19.9 Å². The van der Waals surface area contributed by atoms with Crippen molar-refractivity contribution < 1.29 is 4.79 Å². The van der Waals surface area contributed by atoms with Crippen LogP contribution in [0.4, 0.5) is 0 Å². The molecule has 11 heavy (non-hydrogen) atoms. The van der Waals surface area contributed by atoms with E-state index in [1.54, 1.807) is 6.08 Å². The van der Waals surface area contributed by atoms with E-state index in [-0.39, 0.29) is 11.8 Å². The quantitative estimate of drug-likeness (QED) is 0.611. The molecule has 2 N–H and O–H groups in total. The second kappa shape index (κ2) is 5.08. The van der Waals surface area contributed by atoms with E-state index in [4.69, 9.17) is 5.73 Å². The van der Waals surface area contributed by atoms with E-state index in [1.807, 2.05) is 13.8 Å². The molecule has 0 heterocycles. The van der Waals surface area contributed by atoms with Crippen LogP contribution in [0, 0.1) is 5.92 Å². The lowest BCUT2D eigenvalue weighted by Gasteiger charge is -2.13. The number of allylic oxidation sites excluding steroid dienone is 1. The van der Waals surface area contributed by atoms with Crippen LogP contribution in [-0.2, 0) is 4.79 Å². The Morgan fingerprint density at radius 3 is 2.55 bits per heavy atom. The molecule has 1 unspecified atom stereocenters. The molecule has 0 amide bonds. The fourth-order valence-electron chi connectivity index (χ4n) is 0.743. The molecule has 0 saturated heterocycles. The molecule has 0 aliphatic rings. The average Bonchev–Trinajstić information content (AvgIpc) is 1.87. The second-order valence-corrected chi connectivity index (χ2v) is 3.14. The van der Waals surface area contributed by atoms with Crippen LogP contribution in [-0.4, -0.2) is 11.8 Å². The summed E-state index contributed by atoms with van der Waals surface area (Å²) in [5.41, 5.74) is 5.69. The van der Waals surface area contributed by atoms with Crippen LogP contribution in [0.2, 0.25) is 0 Å². The van der Waals surface area contributed by atoms with Crippen molar-refractivity contribution in [3.63, 3.8) is 0 Å². The molecular formula is C9H17NO. The van der Waals surface area contributed by atoms with Crippen LogP contribution in [0.1, 0.15) is 26.7 Å². The Hall–Kier alpha value is -0.630. The number of hydrogen-bond acceptors (Lipinski definition) is 2. The Morgan fingerprint density at radius 2 is 2.18 bits per heavy atom. The maximum absolute atomic E-state index is 11.0. The molecular weight excluding hydrogens is 138 g/mol. The molecule has 0 aromatic heterocycles. The molecule has 0 spiro atoms. The van der Waals surface area contributed by atoms with Crippen LogP contribution in [0.25, 0.3) is 0 Å². The van der Waals surface area contributed by atoms with E-state index < -0.39 is 0 Å². The minimum atomic E-state index is 0.00227. The number of rotatable bonds is 5. The minimum Gasteiger partial charge on any atom is -0.327 e. The summed E-state index contributed by atoms with van der Waals surface area (Å²) in [6.45, 7) is 7.53. The molecule has 2 nitrogen and oxygen atoms in total. The molecule has 0 saturated carbocycles. The summed E-state index contributed by atoms with van der Waals surface area (Å²) in [6.07, 6.45) is 2.54. The van der Waals surface area contributed by atoms with Crippen molar-refractivity contribution in [1.29, 1.82) is 0 Å². The van der Waals surface area contributed by atoms with Gasteiger partial charge in [0, 0.05) is 18.9 Å².